The van der Waals surface area contributed by atoms with Gasteiger partial charge in [-0.1, -0.05) is 42.0 Å². The molecule has 1 aromatic rings. The van der Waals surface area contributed by atoms with Crippen LogP contribution in [0.2, 0.25) is 0 Å². The van der Waals surface area contributed by atoms with Gasteiger partial charge in [-0.05, 0) is 53.0 Å². The molecule has 0 radical (unpaired) electrons. The highest BCUT2D eigenvalue weighted by Gasteiger charge is 2.19. The quantitative estimate of drug-likeness (QED) is 0.812. The molecule has 1 N–H and O–H groups in total. The number of allylic oxidation sites excluding steroid dienone is 1. The van der Waals surface area contributed by atoms with Gasteiger partial charge in [0, 0.05) is 6.04 Å². The summed E-state index contributed by atoms with van der Waals surface area (Å²) in [7, 11) is 0. The summed E-state index contributed by atoms with van der Waals surface area (Å²) in [5.41, 5.74) is 1.98. The molecule has 1 rings (SSSR count). The van der Waals surface area contributed by atoms with Gasteiger partial charge in [-0.2, -0.15) is 0 Å². The van der Waals surface area contributed by atoms with Crippen molar-refractivity contribution in [1.82, 2.24) is 5.32 Å². The van der Waals surface area contributed by atoms with Crippen molar-refractivity contribution >= 4 is 6.09 Å². The normalized spacial score (nSPS) is 12.4. The minimum atomic E-state index is -0.474. The van der Waals surface area contributed by atoms with Crippen molar-refractivity contribution in [3.63, 3.8) is 0 Å². The molecule has 1 amide bonds. The molecular formula is C18H27NO2. The Morgan fingerprint density at radius 2 is 1.86 bits per heavy atom. The Morgan fingerprint density at radius 1 is 1.24 bits per heavy atom. The van der Waals surface area contributed by atoms with E-state index in [0.29, 0.717) is 0 Å². The van der Waals surface area contributed by atoms with Crippen LogP contribution in [-0.4, -0.2) is 17.7 Å². The lowest BCUT2D eigenvalue weighted by molar-refractivity contribution is 0.0504. The Labute approximate surface area is 128 Å². The van der Waals surface area contributed by atoms with Crippen LogP contribution < -0.4 is 5.32 Å². The van der Waals surface area contributed by atoms with E-state index in [1.54, 1.807) is 0 Å². The lowest BCUT2D eigenvalue weighted by Crippen LogP contribution is -2.40. The van der Waals surface area contributed by atoms with E-state index in [2.05, 4.69) is 37.4 Å². The van der Waals surface area contributed by atoms with Gasteiger partial charge in [0.05, 0.1) is 0 Å². The van der Waals surface area contributed by atoms with Crippen LogP contribution in [-0.2, 0) is 11.2 Å². The number of carbonyl (C=O) groups excluding carboxylic acids is 1. The molecule has 0 spiro atoms. The molecule has 21 heavy (non-hydrogen) atoms. The molecule has 0 aliphatic rings. The van der Waals surface area contributed by atoms with Gasteiger partial charge in [-0.3, -0.25) is 0 Å². The van der Waals surface area contributed by atoms with Gasteiger partial charge in [0.1, 0.15) is 5.60 Å². The minimum Gasteiger partial charge on any atom is -0.444 e. The fourth-order valence-electron chi connectivity index (χ4n) is 1.94. The second kappa shape index (κ2) is 7.87. The third-order valence-electron chi connectivity index (χ3n) is 2.86. The SMILES string of the molecule is CC(C)=CCC(Cc1ccccc1)NC(=O)OC(C)(C)C. The smallest absolute Gasteiger partial charge is 0.407 e. The standard InChI is InChI=1S/C18H27NO2/c1-14(2)11-12-16(13-15-9-7-6-8-10-15)19-17(20)21-18(3,4)5/h6-11,16H,12-13H2,1-5H3,(H,19,20). The van der Waals surface area contributed by atoms with Crippen molar-refractivity contribution in [2.75, 3.05) is 0 Å². The van der Waals surface area contributed by atoms with Crippen LogP contribution in [0.3, 0.4) is 0 Å². The number of ether oxygens (including phenoxy) is 1. The Balaban J connectivity index is 2.68. The third-order valence-corrected chi connectivity index (χ3v) is 2.86. The summed E-state index contributed by atoms with van der Waals surface area (Å²) in [6.07, 6.45) is 3.39. The van der Waals surface area contributed by atoms with Crippen LogP contribution >= 0.6 is 0 Å². The van der Waals surface area contributed by atoms with Gasteiger partial charge in [0.15, 0.2) is 0 Å². The zero-order valence-electron chi connectivity index (χ0n) is 13.8. The molecule has 116 valence electrons. The second-order valence-corrected chi connectivity index (χ2v) is 6.55. The summed E-state index contributed by atoms with van der Waals surface area (Å²) in [6.45, 7) is 9.73. The van der Waals surface area contributed by atoms with E-state index in [4.69, 9.17) is 4.74 Å². The summed E-state index contributed by atoms with van der Waals surface area (Å²) >= 11 is 0. The molecule has 0 bridgehead atoms. The van der Waals surface area contributed by atoms with Crippen LogP contribution in [0, 0.1) is 0 Å². The molecule has 0 saturated heterocycles. The summed E-state index contributed by atoms with van der Waals surface area (Å²) in [5.74, 6) is 0. The van der Waals surface area contributed by atoms with Crippen LogP contribution in [0.15, 0.2) is 42.0 Å². The maximum Gasteiger partial charge on any atom is 0.407 e. The minimum absolute atomic E-state index is 0.0390. The maximum absolute atomic E-state index is 11.9. The number of amides is 1. The highest BCUT2D eigenvalue weighted by molar-refractivity contribution is 5.68. The van der Waals surface area contributed by atoms with Crippen molar-refractivity contribution < 1.29 is 9.53 Å². The summed E-state index contributed by atoms with van der Waals surface area (Å²) < 4.78 is 5.34. The molecular weight excluding hydrogens is 262 g/mol. The van der Waals surface area contributed by atoms with Crippen LogP contribution in [0.1, 0.15) is 46.6 Å². The highest BCUT2D eigenvalue weighted by atomic mass is 16.6. The molecule has 0 heterocycles. The third kappa shape index (κ3) is 8.18. The number of hydrogen-bond acceptors (Lipinski definition) is 2. The number of carbonyl (C=O) groups is 1. The molecule has 0 fully saturated rings. The van der Waals surface area contributed by atoms with E-state index in [1.165, 1.54) is 11.1 Å². The Morgan fingerprint density at radius 3 is 2.38 bits per heavy atom. The molecule has 0 aliphatic heterocycles. The molecule has 1 unspecified atom stereocenters. The number of rotatable bonds is 5. The number of alkyl carbamates (subject to hydrolysis) is 1. The molecule has 0 saturated carbocycles. The zero-order valence-corrected chi connectivity index (χ0v) is 13.8. The van der Waals surface area contributed by atoms with Crippen LogP contribution in [0.25, 0.3) is 0 Å². The van der Waals surface area contributed by atoms with E-state index in [-0.39, 0.29) is 12.1 Å². The van der Waals surface area contributed by atoms with Crippen molar-refractivity contribution in [2.24, 2.45) is 0 Å². The predicted molar refractivity (Wildman–Crippen MR) is 87.4 cm³/mol. The number of hydrogen-bond donors (Lipinski definition) is 1. The molecule has 0 aliphatic carbocycles. The van der Waals surface area contributed by atoms with Gasteiger partial charge in [0.25, 0.3) is 0 Å². The fourth-order valence-corrected chi connectivity index (χ4v) is 1.94. The van der Waals surface area contributed by atoms with E-state index >= 15 is 0 Å². The van der Waals surface area contributed by atoms with E-state index in [1.807, 2.05) is 39.0 Å². The summed E-state index contributed by atoms with van der Waals surface area (Å²) in [5, 5.41) is 2.97. The van der Waals surface area contributed by atoms with Crippen LogP contribution in [0.5, 0.6) is 0 Å². The van der Waals surface area contributed by atoms with E-state index in [0.717, 1.165) is 12.8 Å². The summed E-state index contributed by atoms with van der Waals surface area (Å²) in [6, 6.07) is 10.2. The van der Waals surface area contributed by atoms with Crippen molar-refractivity contribution in [3.8, 4) is 0 Å². The second-order valence-electron chi connectivity index (χ2n) is 6.55. The lowest BCUT2D eigenvalue weighted by Gasteiger charge is -2.23. The molecule has 0 aromatic heterocycles. The van der Waals surface area contributed by atoms with Crippen molar-refractivity contribution in [3.05, 3.63) is 47.5 Å². The molecule has 3 heteroatoms. The molecule has 3 nitrogen and oxygen atoms in total. The number of benzene rings is 1. The van der Waals surface area contributed by atoms with Crippen LogP contribution in [0.4, 0.5) is 4.79 Å². The average Bonchev–Trinajstić information content (AvgIpc) is 2.34. The first kappa shape index (κ1) is 17.3. The first-order valence-electron chi connectivity index (χ1n) is 7.43. The summed E-state index contributed by atoms with van der Waals surface area (Å²) in [4.78, 5) is 11.9. The van der Waals surface area contributed by atoms with Gasteiger partial charge >= 0.3 is 6.09 Å². The lowest BCUT2D eigenvalue weighted by atomic mass is 10.0. The maximum atomic E-state index is 11.9. The Bertz CT molecular complexity index is 468. The van der Waals surface area contributed by atoms with Crippen molar-refractivity contribution in [1.29, 1.82) is 0 Å². The van der Waals surface area contributed by atoms with E-state index in [9.17, 15) is 4.79 Å². The predicted octanol–water partition coefficient (Wildman–Crippen LogP) is 4.48. The Hall–Kier alpha value is -1.77. The Kier molecular flexibility index (Phi) is 6.47. The van der Waals surface area contributed by atoms with Gasteiger partial charge in [-0.25, -0.2) is 4.79 Å². The van der Waals surface area contributed by atoms with E-state index < -0.39 is 5.60 Å². The number of nitrogens with one attached hydrogen (secondary N) is 1. The van der Waals surface area contributed by atoms with Crippen molar-refractivity contribution in [2.45, 2.75) is 59.1 Å². The highest BCUT2D eigenvalue weighted by Crippen LogP contribution is 2.11. The first-order valence-corrected chi connectivity index (χ1v) is 7.43. The largest absolute Gasteiger partial charge is 0.444 e. The van der Waals surface area contributed by atoms with Gasteiger partial charge < -0.3 is 10.1 Å². The zero-order chi connectivity index (χ0) is 15.9. The van der Waals surface area contributed by atoms with Gasteiger partial charge in [0.2, 0.25) is 0 Å². The topological polar surface area (TPSA) is 38.3 Å². The molecule has 1 aromatic carbocycles. The first-order chi connectivity index (χ1) is 9.76. The monoisotopic (exact) mass is 289 g/mol. The van der Waals surface area contributed by atoms with Gasteiger partial charge in [-0.15, -0.1) is 0 Å². The average molecular weight is 289 g/mol. The molecule has 1 atom stereocenters. The fraction of sp³-hybridized carbons (Fsp3) is 0.500.